The third kappa shape index (κ3) is 9.12. The lowest BCUT2D eigenvalue weighted by molar-refractivity contribution is -0.159. The number of hydrogen-bond acceptors (Lipinski definition) is 5. The first kappa shape index (κ1) is 21.9. The number of halogens is 1. The van der Waals surface area contributed by atoms with Crippen LogP contribution in [-0.4, -0.2) is 53.8 Å². The van der Waals surface area contributed by atoms with Crippen LogP contribution in [0.15, 0.2) is 22.7 Å². The zero-order valence-corrected chi connectivity index (χ0v) is 15.4. The summed E-state index contributed by atoms with van der Waals surface area (Å²) >= 11 is 3.40. The molecular formula is C16H21BrN2O5. The first-order chi connectivity index (χ1) is 11.2. The average Bonchev–Trinajstić information content (AvgIpc) is 2.51. The highest BCUT2D eigenvalue weighted by Gasteiger charge is 2.12. The van der Waals surface area contributed by atoms with Crippen LogP contribution in [0.3, 0.4) is 0 Å². The summed E-state index contributed by atoms with van der Waals surface area (Å²) in [5.41, 5.74) is 0.585. The molecule has 1 aromatic rings. The first-order valence-electron chi connectivity index (χ1n) is 7.18. The number of ether oxygens (including phenoxy) is 1. The predicted molar refractivity (Wildman–Crippen MR) is 92.0 cm³/mol. The van der Waals surface area contributed by atoms with E-state index in [0.717, 1.165) is 23.9 Å². The van der Waals surface area contributed by atoms with Crippen molar-refractivity contribution in [2.24, 2.45) is 0 Å². The van der Waals surface area contributed by atoms with Crippen LogP contribution < -0.4 is 4.74 Å². The molecule has 0 aromatic heterocycles. The van der Waals surface area contributed by atoms with Gasteiger partial charge in [-0.05, 0) is 45.1 Å². The molecule has 0 fully saturated rings. The fourth-order valence-corrected chi connectivity index (χ4v) is 1.95. The summed E-state index contributed by atoms with van der Waals surface area (Å²) in [6.45, 7) is 3.08. The van der Waals surface area contributed by atoms with Gasteiger partial charge in [0.05, 0.1) is 11.7 Å². The molecule has 0 amide bonds. The molecule has 2 N–H and O–H groups in total. The Bertz CT molecular complexity index is 587. The van der Waals surface area contributed by atoms with E-state index in [1.54, 1.807) is 6.07 Å². The maximum Gasteiger partial charge on any atom is 0.414 e. The molecule has 1 atom stereocenters. The maximum atomic E-state index is 9.10. The summed E-state index contributed by atoms with van der Waals surface area (Å²) in [7, 11) is 4.10. The van der Waals surface area contributed by atoms with Crippen molar-refractivity contribution in [3.8, 4) is 11.8 Å². The Morgan fingerprint density at radius 2 is 1.92 bits per heavy atom. The zero-order valence-electron chi connectivity index (χ0n) is 13.8. The largest absolute Gasteiger partial charge is 0.489 e. The quantitative estimate of drug-likeness (QED) is 0.705. The molecule has 7 nitrogen and oxygen atoms in total. The van der Waals surface area contributed by atoms with Crippen LogP contribution in [-0.2, 0) is 9.59 Å². The second-order valence-electron chi connectivity index (χ2n) is 5.10. The predicted octanol–water partition coefficient (Wildman–Crippen LogP) is 2.59. The molecule has 0 heterocycles. The second-order valence-corrected chi connectivity index (χ2v) is 6.02. The highest BCUT2D eigenvalue weighted by molar-refractivity contribution is 9.10. The van der Waals surface area contributed by atoms with E-state index in [9.17, 15) is 0 Å². The standard InChI is InChI=1S/C14H19BrN2O.C2H2O4/c1-4-13(7-8-17(2)3)18-14-9-12(15)6-5-11(14)10-16;3-1(4)2(5)6/h5-6,9,13H,4,7-8H2,1-3H3;(H,3,4)(H,5,6). The summed E-state index contributed by atoms with van der Waals surface area (Å²) in [4.78, 5) is 20.3. The molecule has 132 valence electrons. The molecule has 0 aliphatic rings. The van der Waals surface area contributed by atoms with Gasteiger partial charge < -0.3 is 19.8 Å². The highest BCUT2D eigenvalue weighted by atomic mass is 79.9. The van der Waals surface area contributed by atoms with Crippen molar-refractivity contribution in [1.29, 1.82) is 5.26 Å². The van der Waals surface area contributed by atoms with Crippen molar-refractivity contribution in [3.63, 3.8) is 0 Å². The van der Waals surface area contributed by atoms with E-state index in [1.807, 2.05) is 26.2 Å². The van der Waals surface area contributed by atoms with Crippen LogP contribution in [0.2, 0.25) is 0 Å². The third-order valence-corrected chi connectivity index (χ3v) is 3.39. The van der Waals surface area contributed by atoms with Crippen LogP contribution in [0.5, 0.6) is 5.75 Å². The van der Waals surface area contributed by atoms with Crippen molar-refractivity contribution >= 4 is 27.9 Å². The Balaban J connectivity index is 0.000000754. The van der Waals surface area contributed by atoms with Crippen LogP contribution in [0.25, 0.3) is 0 Å². The lowest BCUT2D eigenvalue weighted by Gasteiger charge is -2.20. The van der Waals surface area contributed by atoms with Crippen LogP contribution in [0.1, 0.15) is 25.3 Å². The van der Waals surface area contributed by atoms with Crippen LogP contribution in [0.4, 0.5) is 0 Å². The van der Waals surface area contributed by atoms with Gasteiger partial charge in [-0.25, -0.2) is 9.59 Å². The number of nitriles is 1. The van der Waals surface area contributed by atoms with Gasteiger partial charge in [0.25, 0.3) is 0 Å². The zero-order chi connectivity index (χ0) is 18.7. The number of carboxylic acids is 2. The Kier molecular flexibility index (Phi) is 10.4. The normalized spacial score (nSPS) is 11.0. The maximum absolute atomic E-state index is 9.10. The third-order valence-electron chi connectivity index (χ3n) is 2.89. The van der Waals surface area contributed by atoms with E-state index < -0.39 is 11.9 Å². The smallest absolute Gasteiger partial charge is 0.414 e. The molecule has 1 unspecified atom stereocenters. The summed E-state index contributed by atoms with van der Waals surface area (Å²) in [6.07, 6.45) is 2.04. The molecule has 1 aromatic carbocycles. The van der Waals surface area contributed by atoms with E-state index >= 15 is 0 Å². The van der Waals surface area contributed by atoms with E-state index in [2.05, 4.69) is 33.8 Å². The van der Waals surface area contributed by atoms with Crippen LogP contribution in [0, 0.1) is 11.3 Å². The summed E-state index contributed by atoms with van der Waals surface area (Å²) < 4.78 is 6.87. The Morgan fingerprint density at radius 3 is 2.33 bits per heavy atom. The van der Waals surface area contributed by atoms with Gasteiger partial charge in [0, 0.05) is 11.0 Å². The summed E-state index contributed by atoms with van der Waals surface area (Å²) in [6, 6.07) is 7.65. The highest BCUT2D eigenvalue weighted by Crippen LogP contribution is 2.25. The number of nitrogens with zero attached hydrogens (tertiary/aromatic N) is 2. The molecule has 0 bridgehead atoms. The molecule has 0 spiro atoms. The number of rotatable bonds is 6. The minimum atomic E-state index is -1.82. The van der Waals surface area contributed by atoms with Crippen molar-refractivity contribution < 1.29 is 24.5 Å². The molecule has 0 saturated heterocycles. The van der Waals surface area contributed by atoms with Gasteiger partial charge in [0.15, 0.2) is 0 Å². The van der Waals surface area contributed by atoms with Gasteiger partial charge in [-0.3, -0.25) is 0 Å². The Hall–Kier alpha value is -2.11. The number of aliphatic carboxylic acids is 2. The van der Waals surface area contributed by atoms with Crippen molar-refractivity contribution in [1.82, 2.24) is 4.90 Å². The fraction of sp³-hybridized carbons (Fsp3) is 0.438. The van der Waals surface area contributed by atoms with Crippen molar-refractivity contribution in [3.05, 3.63) is 28.2 Å². The van der Waals surface area contributed by atoms with E-state index in [1.165, 1.54) is 0 Å². The number of carbonyl (C=O) groups is 2. The average molecular weight is 401 g/mol. The SMILES string of the molecule is CCC(CCN(C)C)Oc1cc(Br)ccc1C#N.O=C(O)C(=O)O. The number of hydrogen-bond donors (Lipinski definition) is 2. The minimum Gasteiger partial charge on any atom is -0.489 e. The first-order valence-corrected chi connectivity index (χ1v) is 7.97. The van der Waals surface area contributed by atoms with Gasteiger partial charge in [-0.15, -0.1) is 0 Å². The fourth-order valence-electron chi connectivity index (χ4n) is 1.61. The lowest BCUT2D eigenvalue weighted by atomic mass is 10.1. The van der Waals surface area contributed by atoms with E-state index in [-0.39, 0.29) is 6.10 Å². The molecule has 0 saturated carbocycles. The van der Waals surface area contributed by atoms with Gasteiger partial charge >= 0.3 is 11.9 Å². The molecule has 0 aliphatic heterocycles. The molecule has 1 rings (SSSR count). The molecule has 0 aliphatic carbocycles. The second kappa shape index (κ2) is 11.4. The van der Waals surface area contributed by atoms with E-state index in [0.29, 0.717) is 11.3 Å². The molecule has 24 heavy (non-hydrogen) atoms. The molecule has 0 radical (unpaired) electrons. The van der Waals surface area contributed by atoms with Crippen molar-refractivity contribution in [2.75, 3.05) is 20.6 Å². The van der Waals surface area contributed by atoms with Gasteiger partial charge in [-0.1, -0.05) is 22.9 Å². The Morgan fingerprint density at radius 1 is 1.33 bits per heavy atom. The van der Waals surface area contributed by atoms with E-state index in [4.69, 9.17) is 29.8 Å². The monoisotopic (exact) mass is 400 g/mol. The Labute approximate surface area is 149 Å². The number of carboxylic acid groups (broad SMARTS) is 2. The molecule has 8 heteroatoms. The number of benzene rings is 1. The summed E-state index contributed by atoms with van der Waals surface area (Å²) in [5.74, 6) is -2.98. The van der Waals surface area contributed by atoms with Gasteiger partial charge in [0.1, 0.15) is 11.8 Å². The lowest BCUT2D eigenvalue weighted by Crippen LogP contribution is -2.23. The topological polar surface area (TPSA) is 111 Å². The van der Waals surface area contributed by atoms with Gasteiger partial charge in [-0.2, -0.15) is 5.26 Å². The van der Waals surface area contributed by atoms with Crippen LogP contribution >= 0.6 is 15.9 Å². The summed E-state index contributed by atoms with van der Waals surface area (Å²) in [5, 5.41) is 23.8. The van der Waals surface area contributed by atoms with Gasteiger partial charge in [0.2, 0.25) is 0 Å². The molecular weight excluding hydrogens is 380 g/mol. The van der Waals surface area contributed by atoms with Crippen molar-refractivity contribution in [2.45, 2.75) is 25.9 Å². The minimum absolute atomic E-state index is 0.147.